The second-order valence-electron chi connectivity index (χ2n) is 7.49. The molecule has 154 valence electrons. The van der Waals surface area contributed by atoms with E-state index in [1.807, 2.05) is 23.6 Å². The normalized spacial score (nSPS) is 18.9. The van der Waals surface area contributed by atoms with Crippen LogP contribution in [0.2, 0.25) is 0 Å². The first-order valence-corrected chi connectivity index (χ1v) is 10.4. The van der Waals surface area contributed by atoms with E-state index < -0.39 is 0 Å². The van der Waals surface area contributed by atoms with Crippen LogP contribution >= 0.6 is 0 Å². The van der Waals surface area contributed by atoms with Crippen molar-refractivity contribution < 1.29 is 9.59 Å². The van der Waals surface area contributed by atoms with Gasteiger partial charge in [0.25, 0.3) is 0 Å². The van der Waals surface area contributed by atoms with Crippen LogP contribution in [0.25, 0.3) is 0 Å². The fourth-order valence-electron chi connectivity index (χ4n) is 4.06. The molecule has 2 saturated heterocycles. The van der Waals surface area contributed by atoms with Gasteiger partial charge in [0.2, 0.25) is 11.8 Å². The summed E-state index contributed by atoms with van der Waals surface area (Å²) in [6.45, 7) is 10.6. The van der Waals surface area contributed by atoms with Crippen LogP contribution in [0.3, 0.4) is 0 Å². The van der Waals surface area contributed by atoms with Crippen molar-refractivity contribution in [2.24, 2.45) is 5.92 Å². The minimum atomic E-state index is 0.0942. The van der Waals surface area contributed by atoms with E-state index in [4.69, 9.17) is 0 Å². The SMILES string of the molecule is CCN(CC)C(=O)CN1CCN(C(=O)C2CCN(c3cnccn3)CC2)CC1. The lowest BCUT2D eigenvalue weighted by Crippen LogP contribution is -2.53. The van der Waals surface area contributed by atoms with E-state index in [-0.39, 0.29) is 17.7 Å². The van der Waals surface area contributed by atoms with Crippen LogP contribution in [-0.2, 0) is 9.59 Å². The van der Waals surface area contributed by atoms with Crippen LogP contribution < -0.4 is 4.90 Å². The first kappa shape index (κ1) is 20.5. The monoisotopic (exact) mass is 388 g/mol. The van der Waals surface area contributed by atoms with Gasteiger partial charge in [0.1, 0.15) is 5.82 Å². The Labute approximate surface area is 167 Å². The Morgan fingerprint density at radius 1 is 1.04 bits per heavy atom. The van der Waals surface area contributed by atoms with Crippen molar-refractivity contribution in [3.8, 4) is 0 Å². The molecule has 0 bridgehead atoms. The summed E-state index contributed by atoms with van der Waals surface area (Å²) in [5.74, 6) is 1.44. The van der Waals surface area contributed by atoms with Crippen LogP contribution in [-0.4, -0.2) is 95.4 Å². The zero-order valence-corrected chi connectivity index (χ0v) is 17.1. The van der Waals surface area contributed by atoms with Gasteiger partial charge in [0, 0.05) is 70.7 Å². The number of likely N-dealkylation sites (N-methyl/N-ethyl adjacent to an activating group) is 1. The van der Waals surface area contributed by atoms with Gasteiger partial charge in [0.05, 0.1) is 12.7 Å². The van der Waals surface area contributed by atoms with Crippen molar-refractivity contribution in [3.63, 3.8) is 0 Å². The highest BCUT2D eigenvalue weighted by atomic mass is 16.2. The lowest BCUT2D eigenvalue weighted by Gasteiger charge is -2.39. The summed E-state index contributed by atoms with van der Waals surface area (Å²) in [6.07, 6.45) is 6.87. The first-order valence-electron chi connectivity index (χ1n) is 10.4. The standard InChI is InChI=1S/C20H32N6O2/c1-3-24(4-2)19(27)16-23-11-13-26(14-12-23)20(28)17-5-9-25(10-6-17)18-15-21-7-8-22-18/h7-8,15,17H,3-6,9-14,16H2,1-2H3. The maximum Gasteiger partial charge on any atom is 0.236 e. The van der Waals surface area contributed by atoms with Gasteiger partial charge in [-0.3, -0.25) is 19.5 Å². The lowest BCUT2D eigenvalue weighted by atomic mass is 9.95. The number of carbonyl (C=O) groups is 2. The number of hydrogen-bond donors (Lipinski definition) is 0. The van der Waals surface area contributed by atoms with Crippen molar-refractivity contribution in [3.05, 3.63) is 18.6 Å². The molecule has 0 aromatic carbocycles. The zero-order chi connectivity index (χ0) is 19.9. The van der Waals surface area contributed by atoms with E-state index in [2.05, 4.69) is 19.8 Å². The maximum atomic E-state index is 12.9. The predicted octanol–water partition coefficient (Wildman–Crippen LogP) is 0.706. The van der Waals surface area contributed by atoms with Crippen molar-refractivity contribution in [2.75, 3.05) is 63.8 Å². The highest BCUT2D eigenvalue weighted by molar-refractivity contribution is 5.80. The molecule has 8 heteroatoms. The predicted molar refractivity (Wildman–Crippen MR) is 108 cm³/mol. The Balaban J connectivity index is 1.42. The summed E-state index contributed by atoms with van der Waals surface area (Å²) < 4.78 is 0. The molecule has 0 spiro atoms. The van der Waals surface area contributed by atoms with Crippen LogP contribution in [0.15, 0.2) is 18.6 Å². The van der Waals surface area contributed by atoms with Crippen molar-refractivity contribution in [1.82, 2.24) is 24.7 Å². The van der Waals surface area contributed by atoms with Gasteiger partial charge in [-0.2, -0.15) is 0 Å². The molecule has 2 fully saturated rings. The molecular formula is C20H32N6O2. The third-order valence-corrected chi connectivity index (χ3v) is 5.88. The van der Waals surface area contributed by atoms with Gasteiger partial charge in [-0.1, -0.05) is 0 Å². The number of hydrogen-bond acceptors (Lipinski definition) is 6. The Hall–Kier alpha value is -2.22. The molecule has 3 heterocycles. The number of piperazine rings is 1. The molecule has 0 atom stereocenters. The fraction of sp³-hybridized carbons (Fsp3) is 0.700. The quantitative estimate of drug-likeness (QED) is 0.715. The van der Waals surface area contributed by atoms with Crippen molar-refractivity contribution >= 4 is 17.6 Å². The highest BCUT2D eigenvalue weighted by Gasteiger charge is 2.31. The second kappa shape index (κ2) is 9.82. The fourth-order valence-corrected chi connectivity index (χ4v) is 4.06. The van der Waals surface area contributed by atoms with Gasteiger partial charge >= 0.3 is 0 Å². The third-order valence-electron chi connectivity index (χ3n) is 5.88. The number of amides is 2. The summed E-state index contributed by atoms with van der Waals surface area (Å²) in [4.78, 5) is 41.9. The number of anilines is 1. The first-order chi connectivity index (χ1) is 13.6. The minimum absolute atomic E-state index is 0.0942. The third kappa shape index (κ3) is 4.98. The summed E-state index contributed by atoms with van der Waals surface area (Å²) in [7, 11) is 0. The summed E-state index contributed by atoms with van der Waals surface area (Å²) in [5.41, 5.74) is 0. The van der Waals surface area contributed by atoms with Crippen LogP contribution in [0.4, 0.5) is 5.82 Å². The average molecular weight is 389 g/mol. The molecule has 0 N–H and O–H groups in total. The van der Waals surface area contributed by atoms with Crippen molar-refractivity contribution in [1.29, 1.82) is 0 Å². The molecule has 1 aromatic rings. The van der Waals surface area contributed by atoms with E-state index in [1.54, 1.807) is 18.6 Å². The lowest BCUT2D eigenvalue weighted by molar-refractivity contribution is -0.138. The zero-order valence-electron chi connectivity index (χ0n) is 17.1. The van der Waals surface area contributed by atoms with Crippen LogP contribution in [0, 0.1) is 5.92 Å². The number of piperidine rings is 1. The van der Waals surface area contributed by atoms with Gasteiger partial charge in [-0.15, -0.1) is 0 Å². The molecule has 2 amide bonds. The van der Waals surface area contributed by atoms with Gasteiger partial charge in [-0.05, 0) is 26.7 Å². The number of nitrogens with zero attached hydrogens (tertiary/aromatic N) is 6. The average Bonchev–Trinajstić information content (AvgIpc) is 2.75. The van der Waals surface area contributed by atoms with E-state index in [0.717, 1.165) is 71.0 Å². The van der Waals surface area contributed by atoms with Crippen molar-refractivity contribution in [2.45, 2.75) is 26.7 Å². The maximum absolute atomic E-state index is 12.9. The van der Waals surface area contributed by atoms with Crippen LogP contribution in [0.1, 0.15) is 26.7 Å². The molecule has 1 aromatic heterocycles. The summed E-state index contributed by atoms with van der Waals surface area (Å²) in [6, 6.07) is 0. The highest BCUT2D eigenvalue weighted by Crippen LogP contribution is 2.23. The topological polar surface area (TPSA) is 72.9 Å². The van der Waals surface area contributed by atoms with E-state index >= 15 is 0 Å². The molecular weight excluding hydrogens is 356 g/mol. The minimum Gasteiger partial charge on any atom is -0.355 e. The molecule has 3 rings (SSSR count). The number of carbonyl (C=O) groups excluding carboxylic acids is 2. The molecule has 0 aliphatic carbocycles. The molecule has 28 heavy (non-hydrogen) atoms. The van der Waals surface area contributed by atoms with Gasteiger partial charge in [0.15, 0.2) is 0 Å². The second-order valence-corrected chi connectivity index (χ2v) is 7.49. The van der Waals surface area contributed by atoms with E-state index in [1.165, 1.54) is 0 Å². The number of rotatable bonds is 6. The Bertz CT molecular complexity index is 635. The molecule has 8 nitrogen and oxygen atoms in total. The molecule has 0 radical (unpaired) electrons. The molecule has 0 saturated carbocycles. The van der Waals surface area contributed by atoms with E-state index in [9.17, 15) is 9.59 Å². The summed E-state index contributed by atoms with van der Waals surface area (Å²) >= 11 is 0. The number of aromatic nitrogens is 2. The summed E-state index contributed by atoms with van der Waals surface area (Å²) in [5, 5.41) is 0. The van der Waals surface area contributed by atoms with Gasteiger partial charge in [-0.25, -0.2) is 4.98 Å². The Morgan fingerprint density at radius 2 is 1.71 bits per heavy atom. The molecule has 0 unspecified atom stereocenters. The van der Waals surface area contributed by atoms with Crippen LogP contribution in [0.5, 0.6) is 0 Å². The Morgan fingerprint density at radius 3 is 2.29 bits per heavy atom. The van der Waals surface area contributed by atoms with E-state index in [0.29, 0.717) is 6.54 Å². The molecule has 2 aliphatic heterocycles. The Kier molecular flexibility index (Phi) is 7.19. The smallest absolute Gasteiger partial charge is 0.236 e. The van der Waals surface area contributed by atoms with Gasteiger partial charge < -0.3 is 14.7 Å². The largest absolute Gasteiger partial charge is 0.355 e. The molecule has 2 aliphatic rings.